The molecule has 1 aromatic heterocycles. The Kier molecular flexibility index (Phi) is 3.63. The number of halogens is 3. The van der Waals surface area contributed by atoms with Crippen LogP contribution < -0.4 is 5.32 Å². The van der Waals surface area contributed by atoms with Crippen molar-refractivity contribution in [2.75, 3.05) is 5.32 Å². The Labute approximate surface area is 110 Å². The van der Waals surface area contributed by atoms with Gasteiger partial charge in [0.1, 0.15) is 0 Å². The number of carbonyl (C=O) groups excluding carboxylic acids is 1. The molecule has 1 amide bonds. The van der Waals surface area contributed by atoms with Gasteiger partial charge in [0.2, 0.25) is 0 Å². The van der Waals surface area contributed by atoms with Gasteiger partial charge in [0, 0.05) is 28.1 Å². The molecule has 7 heteroatoms. The number of hydrogen-bond acceptors (Lipinski definition) is 3. The Morgan fingerprint density at radius 1 is 1.17 bits per heavy atom. The van der Waals surface area contributed by atoms with Gasteiger partial charge in [-0.3, -0.25) is 4.79 Å². The van der Waals surface area contributed by atoms with Crippen LogP contribution in [-0.4, -0.2) is 5.91 Å². The van der Waals surface area contributed by atoms with E-state index in [-0.39, 0.29) is 5.69 Å². The van der Waals surface area contributed by atoms with Gasteiger partial charge >= 0.3 is 0 Å². The highest BCUT2D eigenvalue weighted by Gasteiger charge is 2.13. The van der Waals surface area contributed by atoms with Crippen LogP contribution in [0.25, 0.3) is 0 Å². The molecule has 1 N–H and O–H groups in total. The quantitative estimate of drug-likeness (QED) is 0.640. The van der Waals surface area contributed by atoms with Crippen molar-refractivity contribution in [1.29, 1.82) is 0 Å². The van der Waals surface area contributed by atoms with Crippen molar-refractivity contribution in [2.45, 2.75) is 4.90 Å². The van der Waals surface area contributed by atoms with Gasteiger partial charge in [-0.2, -0.15) is 0 Å². The van der Waals surface area contributed by atoms with Crippen LogP contribution in [0.15, 0.2) is 28.5 Å². The van der Waals surface area contributed by atoms with Crippen molar-refractivity contribution in [3.05, 3.63) is 45.9 Å². The Bertz CT molecular complexity index is 589. The minimum absolute atomic E-state index is 0.148. The number of thiophene rings is 1. The summed E-state index contributed by atoms with van der Waals surface area (Å²) in [7, 11) is 0. The lowest BCUT2D eigenvalue weighted by Crippen LogP contribution is -2.11. The number of thiol groups is 1. The number of carbonyl (C=O) groups is 1. The summed E-state index contributed by atoms with van der Waals surface area (Å²) in [5.41, 5.74) is -0.148. The predicted molar refractivity (Wildman–Crippen MR) is 65.8 cm³/mol. The summed E-state index contributed by atoms with van der Waals surface area (Å²) >= 11 is 5.17. The molecule has 0 fully saturated rings. The summed E-state index contributed by atoms with van der Waals surface area (Å²) < 4.78 is 38.5. The molecule has 2 rings (SSSR count). The zero-order valence-corrected chi connectivity index (χ0v) is 10.4. The molecular weight excluding hydrogens is 283 g/mol. The SMILES string of the molecule is O=C(Nc1cc(F)c(F)c(F)c1)c1cc(S)cs1. The van der Waals surface area contributed by atoms with Crippen molar-refractivity contribution < 1.29 is 18.0 Å². The smallest absolute Gasteiger partial charge is 0.265 e. The molecule has 0 aliphatic carbocycles. The number of anilines is 1. The maximum atomic E-state index is 12.9. The fourth-order valence-corrected chi connectivity index (χ4v) is 2.31. The number of hydrogen-bond donors (Lipinski definition) is 2. The van der Waals surface area contributed by atoms with Gasteiger partial charge in [-0.05, 0) is 6.07 Å². The Morgan fingerprint density at radius 2 is 1.78 bits per heavy atom. The van der Waals surface area contributed by atoms with Gasteiger partial charge in [0.05, 0.1) is 4.88 Å². The summed E-state index contributed by atoms with van der Waals surface area (Å²) in [4.78, 5) is 12.6. The maximum Gasteiger partial charge on any atom is 0.265 e. The summed E-state index contributed by atoms with van der Waals surface area (Å²) in [5.74, 6) is -4.81. The molecule has 0 saturated heterocycles. The first-order valence-electron chi connectivity index (χ1n) is 4.71. The molecule has 0 atom stereocenters. The first-order chi connectivity index (χ1) is 8.47. The summed E-state index contributed by atoms with van der Waals surface area (Å²) in [5, 5.41) is 3.91. The van der Waals surface area contributed by atoms with E-state index in [2.05, 4.69) is 17.9 Å². The highest BCUT2D eigenvalue weighted by Crippen LogP contribution is 2.21. The topological polar surface area (TPSA) is 29.1 Å². The van der Waals surface area contributed by atoms with Crippen LogP contribution in [0.2, 0.25) is 0 Å². The van der Waals surface area contributed by atoms with Gasteiger partial charge in [-0.1, -0.05) is 0 Å². The number of amides is 1. The van der Waals surface area contributed by atoms with Crippen LogP contribution >= 0.6 is 24.0 Å². The molecule has 0 unspecified atom stereocenters. The first kappa shape index (κ1) is 13.0. The monoisotopic (exact) mass is 289 g/mol. The Balaban J connectivity index is 2.22. The highest BCUT2D eigenvalue weighted by atomic mass is 32.1. The first-order valence-corrected chi connectivity index (χ1v) is 6.03. The van der Waals surface area contributed by atoms with Crippen LogP contribution in [-0.2, 0) is 0 Å². The maximum absolute atomic E-state index is 12.9. The molecule has 0 aliphatic rings. The molecule has 0 bridgehead atoms. The second-order valence-electron chi connectivity index (χ2n) is 3.38. The molecule has 0 spiro atoms. The van der Waals surface area contributed by atoms with E-state index in [9.17, 15) is 18.0 Å². The van der Waals surface area contributed by atoms with E-state index in [1.807, 2.05) is 0 Å². The van der Waals surface area contributed by atoms with Crippen LogP contribution in [0.4, 0.5) is 18.9 Å². The molecule has 0 radical (unpaired) electrons. The fraction of sp³-hybridized carbons (Fsp3) is 0. The third kappa shape index (κ3) is 2.68. The van der Waals surface area contributed by atoms with E-state index >= 15 is 0 Å². The zero-order chi connectivity index (χ0) is 13.3. The molecule has 18 heavy (non-hydrogen) atoms. The van der Waals surface area contributed by atoms with Gasteiger partial charge in [-0.15, -0.1) is 24.0 Å². The van der Waals surface area contributed by atoms with Crippen LogP contribution in [0.3, 0.4) is 0 Å². The molecule has 2 aromatic rings. The zero-order valence-electron chi connectivity index (χ0n) is 8.71. The second kappa shape index (κ2) is 5.03. The van der Waals surface area contributed by atoms with Gasteiger partial charge in [0.25, 0.3) is 5.91 Å². The largest absolute Gasteiger partial charge is 0.321 e. The lowest BCUT2D eigenvalue weighted by atomic mass is 10.2. The molecule has 0 saturated carbocycles. The molecule has 2 nitrogen and oxygen atoms in total. The van der Waals surface area contributed by atoms with E-state index in [0.717, 1.165) is 11.3 Å². The van der Waals surface area contributed by atoms with E-state index in [1.165, 1.54) is 6.07 Å². The van der Waals surface area contributed by atoms with Crippen molar-refractivity contribution in [1.82, 2.24) is 0 Å². The van der Waals surface area contributed by atoms with Gasteiger partial charge < -0.3 is 5.32 Å². The highest BCUT2D eigenvalue weighted by molar-refractivity contribution is 7.80. The van der Waals surface area contributed by atoms with Gasteiger partial charge in [0.15, 0.2) is 17.5 Å². The van der Waals surface area contributed by atoms with Crippen molar-refractivity contribution in [3.8, 4) is 0 Å². The number of rotatable bonds is 2. The van der Waals surface area contributed by atoms with Crippen molar-refractivity contribution >= 4 is 35.6 Å². The van der Waals surface area contributed by atoms with E-state index in [1.54, 1.807) is 5.38 Å². The minimum atomic E-state index is -1.57. The van der Waals surface area contributed by atoms with Crippen LogP contribution in [0, 0.1) is 17.5 Å². The summed E-state index contributed by atoms with van der Waals surface area (Å²) in [6, 6.07) is 2.94. The average Bonchev–Trinajstić information content (AvgIpc) is 2.72. The van der Waals surface area contributed by atoms with Crippen LogP contribution in [0.1, 0.15) is 9.67 Å². The second-order valence-corrected chi connectivity index (χ2v) is 4.80. The normalized spacial score (nSPS) is 10.4. The Morgan fingerprint density at radius 3 is 2.28 bits per heavy atom. The minimum Gasteiger partial charge on any atom is -0.321 e. The standard InChI is InChI=1S/C11H6F3NOS2/c12-7-1-5(2-8(13)10(7)14)15-11(16)9-3-6(17)4-18-9/h1-4,17H,(H,15,16). The fourth-order valence-electron chi connectivity index (χ4n) is 1.27. The van der Waals surface area contributed by atoms with Crippen molar-refractivity contribution in [3.63, 3.8) is 0 Å². The predicted octanol–water partition coefficient (Wildman–Crippen LogP) is 3.71. The van der Waals surface area contributed by atoms with E-state index in [0.29, 0.717) is 21.9 Å². The molecule has 94 valence electrons. The lowest BCUT2D eigenvalue weighted by Gasteiger charge is -2.04. The molecular formula is C11H6F3NOS2. The van der Waals surface area contributed by atoms with Crippen LogP contribution in [0.5, 0.6) is 0 Å². The number of benzene rings is 1. The van der Waals surface area contributed by atoms with E-state index < -0.39 is 23.4 Å². The number of nitrogens with one attached hydrogen (secondary N) is 1. The average molecular weight is 289 g/mol. The molecule has 0 aliphatic heterocycles. The summed E-state index contributed by atoms with van der Waals surface area (Å²) in [6.45, 7) is 0. The molecule has 1 heterocycles. The Hall–Kier alpha value is -1.47. The third-order valence-corrected chi connectivity index (χ3v) is 3.41. The lowest BCUT2D eigenvalue weighted by molar-refractivity contribution is 0.103. The van der Waals surface area contributed by atoms with Gasteiger partial charge in [-0.25, -0.2) is 13.2 Å². The summed E-state index contributed by atoms with van der Waals surface area (Å²) in [6.07, 6.45) is 0. The van der Waals surface area contributed by atoms with Crippen molar-refractivity contribution in [2.24, 2.45) is 0 Å². The third-order valence-electron chi connectivity index (χ3n) is 2.05. The van der Waals surface area contributed by atoms with E-state index in [4.69, 9.17) is 0 Å². The molecule has 1 aromatic carbocycles.